The molecule has 2 atom stereocenters. The van der Waals surface area contributed by atoms with Gasteiger partial charge in [0.15, 0.2) is 0 Å². The van der Waals surface area contributed by atoms with Gasteiger partial charge in [0.2, 0.25) is 5.91 Å². The molecule has 2 rings (SSSR count). The van der Waals surface area contributed by atoms with E-state index in [1.807, 2.05) is 6.92 Å². The lowest BCUT2D eigenvalue weighted by atomic mass is 10.1. The highest BCUT2D eigenvalue weighted by Crippen LogP contribution is 2.18. The fraction of sp³-hybridized carbons (Fsp3) is 0.929. The topological polar surface area (TPSA) is 44.4 Å². The summed E-state index contributed by atoms with van der Waals surface area (Å²) in [6, 6.07) is 0.917. The van der Waals surface area contributed by atoms with Crippen molar-refractivity contribution in [2.45, 2.75) is 64.1 Å². The number of nitrogens with zero attached hydrogens (tertiary/aromatic N) is 1. The number of carbonyl (C=O) groups excluding carboxylic acids is 1. The van der Waals surface area contributed by atoms with E-state index in [1.165, 1.54) is 32.4 Å². The van der Waals surface area contributed by atoms with Gasteiger partial charge in [0, 0.05) is 18.6 Å². The van der Waals surface area contributed by atoms with Crippen LogP contribution < -0.4 is 10.6 Å². The Hall–Kier alpha value is -0.610. The van der Waals surface area contributed by atoms with Crippen molar-refractivity contribution in [3.05, 3.63) is 0 Å². The summed E-state index contributed by atoms with van der Waals surface area (Å²) in [5, 5.41) is 6.40. The number of nitrogens with one attached hydrogen (secondary N) is 2. The highest BCUT2D eigenvalue weighted by atomic mass is 16.2. The maximum atomic E-state index is 11.8. The van der Waals surface area contributed by atoms with Crippen molar-refractivity contribution < 1.29 is 4.79 Å². The van der Waals surface area contributed by atoms with Gasteiger partial charge in [0.05, 0.1) is 6.04 Å². The number of carbonyl (C=O) groups is 1. The molecule has 4 heteroatoms. The molecule has 2 N–H and O–H groups in total. The van der Waals surface area contributed by atoms with Crippen LogP contribution in [-0.4, -0.2) is 48.6 Å². The fourth-order valence-electron chi connectivity index (χ4n) is 2.48. The molecule has 1 aliphatic heterocycles. The van der Waals surface area contributed by atoms with Crippen LogP contribution in [0.15, 0.2) is 0 Å². The molecule has 1 aliphatic carbocycles. The zero-order valence-corrected chi connectivity index (χ0v) is 11.7. The van der Waals surface area contributed by atoms with Crippen LogP contribution in [0.4, 0.5) is 0 Å². The summed E-state index contributed by atoms with van der Waals surface area (Å²) in [6.45, 7) is 7.54. The first-order chi connectivity index (χ1) is 8.66. The number of hydrogen-bond donors (Lipinski definition) is 2. The van der Waals surface area contributed by atoms with Gasteiger partial charge in [-0.15, -0.1) is 0 Å². The lowest BCUT2D eigenvalue weighted by molar-refractivity contribution is -0.122. The molecule has 1 heterocycles. The van der Waals surface area contributed by atoms with Crippen molar-refractivity contribution in [3.63, 3.8) is 0 Å². The lowest BCUT2D eigenvalue weighted by Gasteiger charge is -2.33. The maximum Gasteiger partial charge on any atom is 0.237 e. The average Bonchev–Trinajstić information content (AvgIpc) is 3.20. The highest BCUT2D eigenvalue weighted by molar-refractivity contribution is 5.81. The Morgan fingerprint density at radius 2 is 1.89 bits per heavy atom. The third-order valence-corrected chi connectivity index (χ3v) is 4.05. The molecule has 2 unspecified atom stereocenters. The molecule has 104 valence electrons. The molecule has 0 aromatic carbocycles. The molecule has 0 spiro atoms. The number of hydrogen-bond acceptors (Lipinski definition) is 3. The zero-order chi connectivity index (χ0) is 13.0. The second-order valence-electron chi connectivity index (χ2n) is 5.86. The number of amides is 1. The molecule has 1 saturated heterocycles. The van der Waals surface area contributed by atoms with Crippen LogP contribution in [0.25, 0.3) is 0 Å². The standard InChI is InChI=1S/C14H27N3O/c1-11(17-8-4-3-5-9-17)10-15-12(2)14(18)16-13-6-7-13/h11-13,15H,3-10H2,1-2H3,(H,16,18). The van der Waals surface area contributed by atoms with Crippen molar-refractivity contribution in [3.8, 4) is 0 Å². The maximum absolute atomic E-state index is 11.8. The van der Waals surface area contributed by atoms with Crippen LogP contribution in [0.2, 0.25) is 0 Å². The second-order valence-corrected chi connectivity index (χ2v) is 5.86. The minimum Gasteiger partial charge on any atom is -0.352 e. The Balaban J connectivity index is 1.64. The smallest absolute Gasteiger partial charge is 0.237 e. The molecule has 0 radical (unpaired) electrons. The molecule has 2 fully saturated rings. The van der Waals surface area contributed by atoms with Crippen LogP contribution >= 0.6 is 0 Å². The SMILES string of the molecule is CC(NCC(C)N1CCCCC1)C(=O)NC1CC1. The van der Waals surface area contributed by atoms with E-state index in [2.05, 4.69) is 22.5 Å². The van der Waals surface area contributed by atoms with Crippen LogP contribution in [0.3, 0.4) is 0 Å². The van der Waals surface area contributed by atoms with E-state index in [1.54, 1.807) is 0 Å². The first kappa shape index (κ1) is 13.8. The first-order valence-electron chi connectivity index (χ1n) is 7.44. The van der Waals surface area contributed by atoms with Crippen molar-refractivity contribution in [2.24, 2.45) is 0 Å². The normalized spacial score (nSPS) is 24.6. The number of rotatable bonds is 6. The molecular formula is C14H27N3O. The van der Waals surface area contributed by atoms with Gasteiger partial charge < -0.3 is 10.6 Å². The summed E-state index contributed by atoms with van der Waals surface area (Å²) in [7, 11) is 0. The second kappa shape index (κ2) is 6.53. The predicted molar refractivity (Wildman–Crippen MR) is 73.5 cm³/mol. The quantitative estimate of drug-likeness (QED) is 0.745. The van der Waals surface area contributed by atoms with Gasteiger partial charge in [-0.05, 0) is 52.6 Å². The molecule has 0 aromatic heterocycles. The highest BCUT2D eigenvalue weighted by Gasteiger charge is 2.26. The van der Waals surface area contributed by atoms with Crippen LogP contribution in [0.5, 0.6) is 0 Å². The van der Waals surface area contributed by atoms with Crippen molar-refractivity contribution in [1.29, 1.82) is 0 Å². The van der Waals surface area contributed by atoms with Gasteiger partial charge in [0.25, 0.3) is 0 Å². The Kier molecular flexibility index (Phi) is 5.01. The zero-order valence-electron chi connectivity index (χ0n) is 11.7. The summed E-state index contributed by atoms with van der Waals surface area (Å²) in [6.07, 6.45) is 6.33. The summed E-state index contributed by atoms with van der Waals surface area (Å²) < 4.78 is 0. The van der Waals surface area contributed by atoms with Crippen LogP contribution in [-0.2, 0) is 4.79 Å². The molecule has 18 heavy (non-hydrogen) atoms. The van der Waals surface area contributed by atoms with Crippen molar-refractivity contribution in [2.75, 3.05) is 19.6 Å². The van der Waals surface area contributed by atoms with Gasteiger partial charge in [-0.25, -0.2) is 0 Å². The van der Waals surface area contributed by atoms with Gasteiger partial charge in [-0.2, -0.15) is 0 Å². The molecule has 0 aromatic rings. The summed E-state index contributed by atoms with van der Waals surface area (Å²) in [4.78, 5) is 14.3. The van der Waals surface area contributed by atoms with E-state index in [-0.39, 0.29) is 11.9 Å². The predicted octanol–water partition coefficient (Wildman–Crippen LogP) is 1.12. The largest absolute Gasteiger partial charge is 0.352 e. The third kappa shape index (κ3) is 4.25. The fourth-order valence-corrected chi connectivity index (χ4v) is 2.48. The minimum absolute atomic E-state index is 0.0714. The number of piperidine rings is 1. The molecule has 1 saturated carbocycles. The van der Waals surface area contributed by atoms with Crippen LogP contribution in [0.1, 0.15) is 46.0 Å². The van der Waals surface area contributed by atoms with Crippen molar-refractivity contribution in [1.82, 2.24) is 15.5 Å². The Bertz CT molecular complexity index is 272. The molecule has 1 amide bonds. The molecular weight excluding hydrogens is 226 g/mol. The van der Waals surface area contributed by atoms with Gasteiger partial charge in [0.1, 0.15) is 0 Å². The number of likely N-dealkylation sites (tertiary alicyclic amines) is 1. The van der Waals surface area contributed by atoms with E-state index in [0.717, 1.165) is 19.4 Å². The Morgan fingerprint density at radius 3 is 2.50 bits per heavy atom. The van der Waals surface area contributed by atoms with Gasteiger partial charge >= 0.3 is 0 Å². The summed E-state index contributed by atoms with van der Waals surface area (Å²) in [5.41, 5.74) is 0. The van der Waals surface area contributed by atoms with E-state index in [0.29, 0.717) is 12.1 Å². The monoisotopic (exact) mass is 253 g/mol. The Labute approximate surface area is 110 Å². The molecule has 4 nitrogen and oxygen atoms in total. The van der Waals surface area contributed by atoms with E-state index in [4.69, 9.17) is 0 Å². The summed E-state index contributed by atoms with van der Waals surface area (Å²) in [5.74, 6) is 0.156. The molecule has 2 aliphatic rings. The first-order valence-corrected chi connectivity index (χ1v) is 7.44. The summed E-state index contributed by atoms with van der Waals surface area (Å²) >= 11 is 0. The van der Waals surface area contributed by atoms with Crippen LogP contribution in [0, 0.1) is 0 Å². The van der Waals surface area contributed by atoms with E-state index < -0.39 is 0 Å². The lowest BCUT2D eigenvalue weighted by Crippen LogP contribution is -2.49. The van der Waals surface area contributed by atoms with Gasteiger partial charge in [-0.3, -0.25) is 9.69 Å². The van der Waals surface area contributed by atoms with E-state index >= 15 is 0 Å². The molecule has 0 bridgehead atoms. The average molecular weight is 253 g/mol. The van der Waals surface area contributed by atoms with Gasteiger partial charge in [-0.1, -0.05) is 6.42 Å². The van der Waals surface area contributed by atoms with E-state index in [9.17, 15) is 4.79 Å². The van der Waals surface area contributed by atoms with Crippen molar-refractivity contribution >= 4 is 5.91 Å². The Morgan fingerprint density at radius 1 is 1.22 bits per heavy atom. The minimum atomic E-state index is -0.0714. The third-order valence-electron chi connectivity index (χ3n) is 4.05.